The van der Waals surface area contributed by atoms with Gasteiger partial charge in [-0.25, -0.2) is 9.97 Å². The van der Waals surface area contributed by atoms with E-state index in [4.69, 9.17) is 0 Å². The van der Waals surface area contributed by atoms with Crippen LogP contribution in [-0.2, 0) is 6.42 Å². The fourth-order valence-electron chi connectivity index (χ4n) is 2.94. The van der Waals surface area contributed by atoms with Crippen molar-refractivity contribution in [1.82, 2.24) is 14.9 Å². The molecule has 1 unspecified atom stereocenters. The maximum Gasteiger partial charge on any atom is 0.132 e. The van der Waals surface area contributed by atoms with Crippen molar-refractivity contribution in [2.45, 2.75) is 45.1 Å². The molecule has 3 rings (SSSR count). The molecule has 110 valence electrons. The van der Waals surface area contributed by atoms with E-state index >= 15 is 0 Å². The molecule has 2 aliphatic rings. The van der Waals surface area contributed by atoms with Gasteiger partial charge in [-0.1, -0.05) is 6.92 Å². The van der Waals surface area contributed by atoms with Crippen LogP contribution in [0.15, 0.2) is 10.7 Å². The molecular weight excluding hydrogens is 316 g/mol. The Bertz CT molecular complexity index is 461. The Morgan fingerprint density at radius 1 is 1.35 bits per heavy atom. The topological polar surface area (TPSA) is 41.1 Å². The molecule has 0 radical (unpaired) electrons. The first-order chi connectivity index (χ1) is 9.74. The Hall–Kier alpha value is -0.680. The molecule has 2 fully saturated rings. The molecule has 1 aliphatic heterocycles. The molecule has 1 saturated carbocycles. The third kappa shape index (κ3) is 3.70. The lowest BCUT2D eigenvalue weighted by atomic mass is 10.1. The molecule has 0 spiro atoms. The number of likely N-dealkylation sites (tertiary alicyclic amines) is 1. The summed E-state index contributed by atoms with van der Waals surface area (Å²) in [6, 6.07) is 2.89. The number of nitrogens with one attached hydrogen (secondary N) is 1. The van der Waals surface area contributed by atoms with Gasteiger partial charge in [-0.3, -0.25) is 0 Å². The zero-order valence-electron chi connectivity index (χ0n) is 12.1. The van der Waals surface area contributed by atoms with Gasteiger partial charge in [0.25, 0.3) is 0 Å². The Kier molecular flexibility index (Phi) is 4.56. The Labute approximate surface area is 129 Å². The van der Waals surface area contributed by atoms with Crippen molar-refractivity contribution in [2.24, 2.45) is 5.92 Å². The second-order valence-electron chi connectivity index (χ2n) is 6.00. The highest BCUT2D eigenvalue weighted by molar-refractivity contribution is 9.10. The molecule has 4 nitrogen and oxygen atoms in total. The highest BCUT2D eigenvalue weighted by Crippen LogP contribution is 2.31. The second-order valence-corrected chi connectivity index (χ2v) is 6.82. The van der Waals surface area contributed by atoms with Crippen molar-refractivity contribution in [3.63, 3.8) is 0 Å². The number of halogens is 1. The number of rotatable bonds is 6. The van der Waals surface area contributed by atoms with Crippen molar-refractivity contribution >= 4 is 21.7 Å². The minimum atomic E-state index is 0.763. The van der Waals surface area contributed by atoms with Gasteiger partial charge < -0.3 is 10.2 Å². The summed E-state index contributed by atoms with van der Waals surface area (Å²) in [5.41, 5.74) is 0. The molecule has 0 bridgehead atoms. The predicted octanol–water partition coefficient (Wildman–Crippen LogP) is 3.09. The molecule has 1 atom stereocenters. The SMILES string of the molecule is CCCc1nc(Br)cc(NCC2CCN(C3CC3)C2)n1. The average Bonchev–Trinajstić information content (AvgIpc) is 3.16. The molecule has 1 aromatic heterocycles. The third-order valence-electron chi connectivity index (χ3n) is 4.17. The first kappa shape index (κ1) is 14.3. The monoisotopic (exact) mass is 338 g/mol. The highest BCUT2D eigenvalue weighted by Gasteiger charge is 2.34. The zero-order chi connectivity index (χ0) is 13.9. The van der Waals surface area contributed by atoms with Crippen LogP contribution in [0.2, 0.25) is 0 Å². The first-order valence-corrected chi connectivity index (χ1v) is 8.55. The van der Waals surface area contributed by atoms with Gasteiger partial charge in [0.05, 0.1) is 0 Å². The Balaban J connectivity index is 1.52. The van der Waals surface area contributed by atoms with Crippen LogP contribution >= 0.6 is 15.9 Å². The standard InChI is InChI=1S/C15H23BrN4/c1-2-3-14-18-13(16)8-15(19-14)17-9-11-6-7-20(10-11)12-4-5-12/h8,11-12H,2-7,9-10H2,1H3,(H,17,18,19). The van der Waals surface area contributed by atoms with Gasteiger partial charge in [-0.15, -0.1) is 0 Å². The summed E-state index contributed by atoms with van der Waals surface area (Å²) >= 11 is 3.47. The molecule has 5 heteroatoms. The molecule has 0 amide bonds. The molecule has 1 aliphatic carbocycles. The third-order valence-corrected chi connectivity index (χ3v) is 4.57. The number of anilines is 1. The van der Waals surface area contributed by atoms with Crippen molar-refractivity contribution in [1.29, 1.82) is 0 Å². The van der Waals surface area contributed by atoms with E-state index in [0.29, 0.717) is 0 Å². The number of aryl methyl sites for hydroxylation is 1. The van der Waals surface area contributed by atoms with Crippen LogP contribution in [0, 0.1) is 5.92 Å². The summed E-state index contributed by atoms with van der Waals surface area (Å²) in [5, 5.41) is 3.50. The predicted molar refractivity (Wildman–Crippen MR) is 84.9 cm³/mol. The number of aromatic nitrogens is 2. The van der Waals surface area contributed by atoms with Crippen LogP contribution in [0.4, 0.5) is 5.82 Å². The van der Waals surface area contributed by atoms with E-state index in [9.17, 15) is 0 Å². The van der Waals surface area contributed by atoms with Gasteiger partial charge in [0.2, 0.25) is 0 Å². The van der Waals surface area contributed by atoms with Gasteiger partial charge in [-0.05, 0) is 54.1 Å². The number of nitrogens with zero attached hydrogens (tertiary/aromatic N) is 3. The summed E-state index contributed by atoms with van der Waals surface area (Å²) in [7, 11) is 0. The molecular formula is C15H23BrN4. The van der Waals surface area contributed by atoms with Crippen molar-refractivity contribution in [3.05, 3.63) is 16.5 Å². The average molecular weight is 339 g/mol. The van der Waals surface area contributed by atoms with Crippen LogP contribution in [0.5, 0.6) is 0 Å². The summed E-state index contributed by atoms with van der Waals surface area (Å²) < 4.78 is 0.879. The van der Waals surface area contributed by atoms with Gasteiger partial charge in [0.1, 0.15) is 16.2 Å². The quantitative estimate of drug-likeness (QED) is 0.809. The normalized spacial score (nSPS) is 23.2. The molecule has 1 N–H and O–H groups in total. The molecule has 20 heavy (non-hydrogen) atoms. The second kappa shape index (κ2) is 6.39. The summed E-state index contributed by atoms with van der Waals surface area (Å²) in [5.74, 6) is 2.65. The van der Waals surface area contributed by atoms with Gasteiger partial charge in [0.15, 0.2) is 0 Å². The lowest BCUT2D eigenvalue weighted by Crippen LogP contribution is -2.25. The Morgan fingerprint density at radius 3 is 2.95 bits per heavy atom. The maximum atomic E-state index is 4.58. The lowest BCUT2D eigenvalue weighted by molar-refractivity contribution is 0.316. The maximum absolute atomic E-state index is 4.58. The van der Waals surface area contributed by atoms with Gasteiger partial charge >= 0.3 is 0 Å². The van der Waals surface area contributed by atoms with Crippen LogP contribution in [0.25, 0.3) is 0 Å². The fourth-order valence-corrected chi connectivity index (χ4v) is 3.36. The van der Waals surface area contributed by atoms with Crippen LogP contribution in [0.1, 0.15) is 38.4 Å². The van der Waals surface area contributed by atoms with E-state index in [0.717, 1.165) is 47.6 Å². The van der Waals surface area contributed by atoms with Crippen molar-refractivity contribution in [2.75, 3.05) is 25.0 Å². The summed E-state index contributed by atoms with van der Waals surface area (Å²) in [6.45, 7) is 5.72. The highest BCUT2D eigenvalue weighted by atomic mass is 79.9. The van der Waals surface area contributed by atoms with E-state index in [2.05, 4.69) is 43.0 Å². The summed E-state index contributed by atoms with van der Waals surface area (Å²) in [6.07, 6.45) is 6.16. The van der Waals surface area contributed by atoms with E-state index in [-0.39, 0.29) is 0 Å². The van der Waals surface area contributed by atoms with E-state index in [1.807, 2.05) is 6.07 Å². The fraction of sp³-hybridized carbons (Fsp3) is 0.733. The minimum Gasteiger partial charge on any atom is -0.370 e. The van der Waals surface area contributed by atoms with E-state index in [1.165, 1.54) is 32.4 Å². The Morgan fingerprint density at radius 2 is 2.20 bits per heavy atom. The minimum absolute atomic E-state index is 0.763. The number of hydrogen-bond donors (Lipinski definition) is 1. The zero-order valence-corrected chi connectivity index (χ0v) is 13.7. The smallest absolute Gasteiger partial charge is 0.132 e. The van der Waals surface area contributed by atoms with Crippen LogP contribution in [-0.4, -0.2) is 40.5 Å². The van der Waals surface area contributed by atoms with Crippen molar-refractivity contribution in [3.8, 4) is 0 Å². The number of hydrogen-bond acceptors (Lipinski definition) is 4. The van der Waals surface area contributed by atoms with Crippen molar-refractivity contribution < 1.29 is 0 Å². The first-order valence-electron chi connectivity index (χ1n) is 7.76. The van der Waals surface area contributed by atoms with Gasteiger partial charge in [-0.2, -0.15) is 0 Å². The molecule has 1 saturated heterocycles. The summed E-state index contributed by atoms with van der Waals surface area (Å²) in [4.78, 5) is 11.6. The largest absolute Gasteiger partial charge is 0.370 e. The van der Waals surface area contributed by atoms with Crippen LogP contribution in [0.3, 0.4) is 0 Å². The molecule has 2 heterocycles. The van der Waals surface area contributed by atoms with E-state index in [1.54, 1.807) is 0 Å². The van der Waals surface area contributed by atoms with Gasteiger partial charge in [0, 0.05) is 31.6 Å². The lowest BCUT2D eigenvalue weighted by Gasteiger charge is -2.15. The van der Waals surface area contributed by atoms with E-state index < -0.39 is 0 Å². The van der Waals surface area contributed by atoms with Crippen LogP contribution < -0.4 is 5.32 Å². The molecule has 1 aromatic rings. The molecule has 0 aromatic carbocycles.